The third-order valence-electron chi connectivity index (χ3n) is 3.59. The average molecular weight is 347 g/mol. The van der Waals surface area contributed by atoms with Crippen molar-refractivity contribution in [3.05, 3.63) is 64.9 Å². The fraction of sp³-hybridized carbons (Fsp3) is 0.278. The largest absolute Gasteiger partial charge is 0.464 e. The van der Waals surface area contributed by atoms with E-state index in [0.29, 0.717) is 12.0 Å². The van der Waals surface area contributed by atoms with Crippen molar-refractivity contribution in [1.29, 1.82) is 0 Å². The predicted molar refractivity (Wildman–Crippen MR) is 91.9 cm³/mol. The van der Waals surface area contributed by atoms with Crippen molar-refractivity contribution < 1.29 is 14.3 Å². The highest BCUT2D eigenvalue weighted by molar-refractivity contribution is 6.29. The van der Waals surface area contributed by atoms with E-state index in [1.807, 2.05) is 30.3 Å². The van der Waals surface area contributed by atoms with Crippen LogP contribution in [0.25, 0.3) is 0 Å². The quantitative estimate of drug-likeness (QED) is 0.596. The second kappa shape index (κ2) is 8.45. The minimum atomic E-state index is -0.716. The summed E-state index contributed by atoms with van der Waals surface area (Å²) in [5, 5.41) is 0.227. The lowest BCUT2D eigenvalue weighted by Gasteiger charge is -2.26. The summed E-state index contributed by atoms with van der Waals surface area (Å²) in [6.07, 6.45) is 1.83. The first-order valence-corrected chi connectivity index (χ1v) is 8.00. The molecule has 0 fully saturated rings. The first kappa shape index (κ1) is 17.9. The van der Waals surface area contributed by atoms with Crippen molar-refractivity contribution >= 4 is 23.5 Å². The summed E-state index contributed by atoms with van der Waals surface area (Å²) in [7, 11) is 1.58. The Bertz CT molecular complexity index is 706. The summed E-state index contributed by atoms with van der Waals surface area (Å²) in [6.45, 7) is 2.00. The molecule has 0 aliphatic rings. The molecule has 1 aromatic carbocycles. The average Bonchev–Trinajstić information content (AvgIpc) is 2.59. The Kier molecular flexibility index (Phi) is 6.32. The molecule has 2 aromatic rings. The normalized spacial score (nSPS) is 11.6. The molecule has 0 radical (unpaired) electrons. The molecule has 1 aromatic heterocycles. The number of hydrogen-bond acceptors (Lipinski definition) is 4. The van der Waals surface area contributed by atoms with E-state index >= 15 is 0 Å². The smallest absolute Gasteiger partial charge is 0.329 e. The van der Waals surface area contributed by atoms with E-state index in [-0.39, 0.29) is 17.7 Å². The molecule has 24 heavy (non-hydrogen) atoms. The second-order valence-electron chi connectivity index (χ2n) is 5.24. The van der Waals surface area contributed by atoms with Gasteiger partial charge in [-0.05, 0) is 24.6 Å². The molecular formula is C18H19ClN2O3. The van der Waals surface area contributed by atoms with Gasteiger partial charge in [0.05, 0.1) is 6.61 Å². The van der Waals surface area contributed by atoms with Crippen LogP contribution in [0.2, 0.25) is 5.15 Å². The van der Waals surface area contributed by atoms with Crippen LogP contribution >= 0.6 is 11.6 Å². The van der Waals surface area contributed by atoms with Crippen LogP contribution in [0.4, 0.5) is 0 Å². The molecular weight excluding hydrogens is 328 g/mol. The summed E-state index contributed by atoms with van der Waals surface area (Å²) >= 11 is 5.84. The van der Waals surface area contributed by atoms with Gasteiger partial charge in [0.2, 0.25) is 0 Å². The summed E-state index contributed by atoms with van der Waals surface area (Å²) in [4.78, 5) is 30.3. The van der Waals surface area contributed by atoms with Gasteiger partial charge in [-0.1, -0.05) is 41.9 Å². The number of aromatic nitrogens is 1. The second-order valence-corrected chi connectivity index (χ2v) is 5.63. The van der Waals surface area contributed by atoms with Crippen molar-refractivity contribution in [2.24, 2.45) is 0 Å². The molecule has 0 bridgehead atoms. The van der Waals surface area contributed by atoms with Crippen molar-refractivity contribution in [3.63, 3.8) is 0 Å². The molecule has 1 unspecified atom stereocenters. The lowest BCUT2D eigenvalue weighted by Crippen LogP contribution is -2.44. The number of amides is 1. The number of esters is 1. The highest BCUT2D eigenvalue weighted by atomic mass is 35.5. The number of nitrogens with zero attached hydrogens (tertiary/aromatic N) is 2. The standard InChI is InChI=1S/C18H19ClN2O3/c1-3-24-18(23)15(11-13-7-5-4-6-8-13)21(2)17(22)14-9-10-20-16(19)12-14/h4-10,12,15H,3,11H2,1-2H3. The van der Waals surface area contributed by atoms with Gasteiger partial charge in [-0.15, -0.1) is 0 Å². The van der Waals surface area contributed by atoms with Gasteiger partial charge in [-0.3, -0.25) is 4.79 Å². The molecule has 1 heterocycles. The van der Waals surface area contributed by atoms with Crippen molar-refractivity contribution in [2.75, 3.05) is 13.7 Å². The van der Waals surface area contributed by atoms with Gasteiger partial charge in [0.25, 0.3) is 5.91 Å². The van der Waals surface area contributed by atoms with Gasteiger partial charge < -0.3 is 9.64 Å². The zero-order valence-electron chi connectivity index (χ0n) is 13.6. The molecule has 0 N–H and O–H groups in total. The molecule has 0 saturated carbocycles. The van der Waals surface area contributed by atoms with Crippen LogP contribution in [0.15, 0.2) is 48.7 Å². The number of rotatable bonds is 6. The number of pyridine rings is 1. The van der Waals surface area contributed by atoms with E-state index in [1.165, 1.54) is 17.2 Å². The molecule has 6 heteroatoms. The monoisotopic (exact) mass is 346 g/mol. The third kappa shape index (κ3) is 4.55. The maximum Gasteiger partial charge on any atom is 0.329 e. The van der Waals surface area contributed by atoms with E-state index in [1.54, 1.807) is 20.0 Å². The maximum absolute atomic E-state index is 12.7. The number of carbonyl (C=O) groups is 2. The van der Waals surface area contributed by atoms with Crippen LogP contribution in [0.1, 0.15) is 22.8 Å². The predicted octanol–water partition coefficient (Wildman–Crippen LogP) is 2.98. The molecule has 0 aliphatic carbocycles. The van der Waals surface area contributed by atoms with Gasteiger partial charge in [0.15, 0.2) is 0 Å². The molecule has 126 valence electrons. The first-order chi connectivity index (χ1) is 11.5. The van der Waals surface area contributed by atoms with Gasteiger partial charge in [0.1, 0.15) is 11.2 Å². The number of likely N-dealkylation sites (N-methyl/N-ethyl adjacent to an activating group) is 1. The Labute approximate surface area is 146 Å². The summed E-state index contributed by atoms with van der Waals surface area (Å²) in [5.41, 5.74) is 1.32. The van der Waals surface area contributed by atoms with E-state index in [0.717, 1.165) is 5.56 Å². The number of halogens is 1. The van der Waals surface area contributed by atoms with Crippen molar-refractivity contribution in [1.82, 2.24) is 9.88 Å². The highest BCUT2D eigenvalue weighted by Gasteiger charge is 2.29. The summed E-state index contributed by atoms with van der Waals surface area (Å²) in [5.74, 6) is -0.745. The van der Waals surface area contributed by atoms with Crippen LogP contribution < -0.4 is 0 Å². The third-order valence-corrected chi connectivity index (χ3v) is 3.80. The Morgan fingerprint density at radius 1 is 1.25 bits per heavy atom. The van der Waals surface area contributed by atoms with Gasteiger partial charge in [-0.25, -0.2) is 9.78 Å². The van der Waals surface area contributed by atoms with E-state index in [9.17, 15) is 9.59 Å². The Morgan fingerprint density at radius 2 is 1.96 bits per heavy atom. The van der Waals surface area contributed by atoms with Crippen LogP contribution in [-0.2, 0) is 16.0 Å². The van der Waals surface area contributed by atoms with Crippen molar-refractivity contribution in [2.45, 2.75) is 19.4 Å². The first-order valence-electron chi connectivity index (χ1n) is 7.62. The lowest BCUT2D eigenvalue weighted by molar-refractivity contribution is -0.148. The number of ether oxygens (including phenoxy) is 1. The molecule has 0 saturated heterocycles. The fourth-order valence-electron chi connectivity index (χ4n) is 2.33. The Morgan fingerprint density at radius 3 is 2.58 bits per heavy atom. The fourth-order valence-corrected chi connectivity index (χ4v) is 2.51. The molecule has 1 atom stereocenters. The molecule has 1 amide bonds. The zero-order chi connectivity index (χ0) is 17.5. The Hall–Kier alpha value is -2.40. The molecule has 0 spiro atoms. The molecule has 0 aliphatic heterocycles. The van der Waals surface area contributed by atoms with Gasteiger partial charge in [-0.2, -0.15) is 0 Å². The van der Waals surface area contributed by atoms with Crippen molar-refractivity contribution in [3.8, 4) is 0 Å². The van der Waals surface area contributed by atoms with E-state index < -0.39 is 12.0 Å². The highest BCUT2D eigenvalue weighted by Crippen LogP contribution is 2.15. The SMILES string of the molecule is CCOC(=O)C(Cc1ccccc1)N(C)C(=O)c1ccnc(Cl)c1. The summed E-state index contributed by atoms with van der Waals surface area (Å²) < 4.78 is 5.14. The van der Waals surface area contributed by atoms with Gasteiger partial charge in [0, 0.05) is 25.2 Å². The Balaban J connectivity index is 2.24. The van der Waals surface area contributed by atoms with Crippen LogP contribution in [-0.4, -0.2) is 41.5 Å². The van der Waals surface area contributed by atoms with Crippen LogP contribution in [0.5, 0.6) is 0 Å². The van der Waals surface area contributed by atoms with Crippen LogP contribution in [0.3, 0.4) is 0 Å². The number of hydrogen-bond donors (Lipinski definition) is 0. The van der Waals surface area contributed by atoms with Crippen LogP contribution in [0, 0.1) is 0 Å². The lowest BCUT2D eigenvalue weighted by atomic mass is 10.0. The van der Waals surface area contributed by atoms with E-state index in [4.69, 9.17) is 16.3 Å². The van der Waals surface area contributed by atoms with E-state index in [2.05, 4.69) is 4.98 Å². The maximum atomic E-state index is 12.7. The topological polar surface area (TPSA) is 59.5 Å². The minimum absolute atomic E-state index is 0.227. The zero-order valence-corrected chi connectivity index (χ0v) is 14.4. The molecule has 2 rings (SSSR count). The number of benzene rings is 1. The number of carbonyl (C=O) groups excluding carboxylic acids is 2. The minimum Gasteiger partial charge on any atom is -0.464 e. The summed E-state index contributed by atoms with van der Waals surface area (Å²) in [6, 6.07) is 11.8. The molecule has 5 nitrogen and oxygen atoms in total. The van der Waals surface area contributed by atoms with Gasteiger partial charge >= 0.3 is 5.97 Å².